The van der Waals surface area contributed by atoms with Crippen molar-refractivity contribution in [3.8, 4) is 0 Å². The van der Waals surface area contributed by atoms with E-state index in [1.807, 2.05) is 24.3 Å². The van der Waals surface area contributed by atoms with Gasteiger partial charge in [-0.05, 0) is 40.8 Å². The Morgan fingerprint density at radius 3 is 2.61 bits per heavy atom. The molecule has 6 heteroatoms. The van der Waals surface area contributed by atoms with Gasteiger partial charge in [-0.1, -0.05) is 67.4 Å². The van der Waals surface area contributed by atoms with Crippen molar-refractivity contribution in [2.75, 3.05) is 5.32 Å². The van der Waals surface area contributed by atoms with Crippen LogP contribution in [0.5, 0.6) is 0 Å². The molecule has 1 heterocycles. The molecule has 0 saturated heterocycles. The van der Waals surface area contributed by atoms with Crippen molar-refractivity contribution in [2.45, 2.75) is 26.2 Å². The van der Waals surface area contributed by atoms with Gasteiger partial charge in [0.2, 0.25) is 5.91 Å². The summed E-state index contributed by atoms with van der Waals surface area (Å²) in [5, 5.41) is 4.59. The summed E-state index contributed by atoms with van der Waals surface area (Å²) in [5.41, 5.74) is 3.23. The molecule has 0 spiro atoms. The van der Waals surface area contributed by atoms with Crippen LogP contribution >= 0.6 is 34.5 Å². The van der Waals surface area contributed by atoms with Crippen LogP contribution in [0.25, 0.3) is 6.08 Å². The molecule has 1 amide bonds. The number of anilines is 1. The lowest BCUT2D eigenvalue weighted by Crippen LogP contribution is -2.07. The fourth-order valence-corrected chi connectivity index (χ4v) is 3.92. The lowest BCUT2D eigenvalue weighted by molar-refractivity contribution is -0.111. The first-order valence-electron chi connectivity index (χ1n) is 8.88. The van der Waals surface area contributed by atoms with Crippen LogP contribution in [-0.4, -0.2) is 10.9 Å². The predicted molar refractivity (Wildman–Crippen MR) is 120 cm³/mol. The molecule has 0 bridgehead atoms. The van der Waals surface area contributed by atoms with Gasteiger partial charge in [-0.15, -0.1) is 11.3 Å². The fraction of sp³-hybridized carbons (Fsp3) is 0.182. The van der Waals surface area contributed by atoms with Gasteiger partial charge in [0, 0.05) is 33.6 Å². The van der Waals surface area contributed by atoms with Crippen molar-refractivity contribution >= 4 is 51.7 Å². The highest BCUT2D eigenvalue weighted by Crippen LogP contribution is 2.27. The number of thiazole rings is 1. The van der Waals surface area contributed by atoms with E-state index >= 15 is 0 Å². The van der Waals surface area contributed by atoms with Gasteiger partial charge in [-0.3, -0.25) is 10.1 Å². The second-order valence-electron chi connectivity index (χ2n) is 6.69. The van der Waals surface area contributed by atoms with E-state index in [4.69, 9.17) is 23.2 Å². The summed E-state index contributed by atoms with van der Waals surface area (Å²) < 4.78 is 0. The maximum Gasteiger partial charge on any atom is 0.250 e. The summed E-state index contributed by atoms with van der Waals surface area (Å²) in [6.07, 6.45) is 5.70. The minimum absolute atomic E-state index is 0.210. The average Bonchev–Trinajstić information content (AvgIpc) is 3.09. The Balaban J connectivity index is 1.59. The molecule has 0 atom stereocenters. The average molecular weight is 431 g/mol. The number of benzene rings is 2. The SMILES string of the molecule is CC(C)c1ccc(C=CC(=O)Nc2ncc(Cc3ccc(Cl)cc3Cl)s2)cc1. The quantitative estimate of drug-likeness (QED) is 0.436. The van der Waals surface area contributed by atoms with Gasteiger partial charge < -0.3 is 0 Å². The molecular weight excluding hydrogens is 411 g/mol. The van der Waals surface area contributed by atoms with E-state index in [0.29, 0.717) is 27.5 Å². The zero-order valence-corrected chi connectivity index (χ0v) is 17.9. The molecule has 0 unspecified atom stereocenters. The molecule has 0 aliphatic heterocycles. The van der Waals surface area contributed by atoms with E-state index in [2.05, 4.69) is 36.3 Å². The maximum absolute atomic E-state index is 12.2. The molecule has 3 rings (SSSR count). The minimum Gasteiger partial charge on any atom is -0.298 e. The van der Waals surface area contributed by atoms with Gasteiger partial charge in [-0.25, -0.2) is 4.98 Å². The number of rotatable bonds is 6. The first-order chi connectivity index (χ1) is 13.4. The van der Waals surface area contributed by atoms with E-state index < -0.39 is 0 Å². The van der Waals surface area contributed by atoms with Crippen LogP contribution in [0.1, 0.15) is 41.3 Å². The molecule has 3 nitrogen and oxygen atoms in total. The lowest BCUT2D eigenvalue weighted by Gasteiger charge is -2.04. The molecule has 1 N–H and O–H groups in total. The molecular formula is C22H20Cl2N2OS. The normalized spacial score (nSPS) is 11.3. The second-order valence-corrected chi connectivity index (χ2v) is 8.65. The van der Waals surface area contributed by atoms with Gasteiger partial charge in [0.1, 0.15) is 0 Å². The van der Waals surface area contributed by atoms with Gasteiger partial charge >= 0.3 is 0 Å². The van der Waals surface area contributed by atoms with Gasteiger partial charge in [-0.2, -0.15) is 0 Å². The van der Waals surface area contributed by atoms with E-state index in [9.17, 15) is 4.79 Å². The Morgan fingerprint density at radius 2 is 1.93 bits per heavy atom. The number of amides is 1. The minimum atomic E-state index is -0.210. The number of hydrogen-bond donors (Lipinski definition) is 1. The first-order valence-corrected chi connectivity index (χ1v) is 10.5. The highest BCUT2D eigenvalue weighted by atomic mass is 35.5. The fourth-order valence-electron chi connectivity index (χ4n) is 2.61. The van der Waals surface area contributed by atoms with Crippen LogP contribution in [-0.2, 0) is 11.2 Å². The summed E-state index contributed by atoms with van der Waals surface area (Å²) in [6.45, 7) is 4.31. The van der Waals surface area contributed by atoms with E-state index in [1.165, 1.54) is 23.0 Å². The topological polar surface area (TPSA) is 42.0 Å². The first kappa shape index (κ1) is 20.6. The highest BCUT2D eigenvalue weighted by Gasteiger charge is 2.08. The number of nitrogens with zero attached hydrogens (tertiary/aromatic N) is 1. The zero-order chi connectivity index (χ0) is 20.1. The van der Waals surface area contributed by atoms with Crippen LogP contribution in [0.4, 0.5) is 5.13 Å². The molecule has 0 aliphatic carbocycles. The summed E-state index contributed by atoms with van der Waals surface area (Å²) in [6, 6.07) is 13.6. The molecule has 0 aliphatic rings. The smallest absolute Gasteiger partial charge is 0.250 e. The lowest BCUT2D eigenvalue weighted by atomic mass is 10.0. The Morgan fingerprint density at radius 1 is 1.18 bits per heavy atom. The number of nitrogens with one attached hydrogen (secondary N) is 1. The Hall–Kier alpha value is -2.14. The number of carbonyl (C=O) groups excluding carboxylic acids is 1. The molecule has 0 saturated carbocycles. The Kier molecular flexibility index (Phi) is 6.89. The monoisotopic (exact) mass is 430 g/mol. The third-order valence-electron chi connectivity index (χ3n) is 4.19. The molecule has 1 aromatic heterocycles. The molecule has 144 valence electrons. The summed E-state index contributed by atoms with van der Waals surface area (Å²) in [5.74, 6) is 0.279. The van der Waals surface area contributed by atoms with Gasteiger partial charge in [0.15, 0.2) is 5.13 Å². The maximum atomic E-state index is 12.2. The van der Waals surface area contributed by atoms with Crippen LogP contribution in [0.15, 0.2) is 54.7 Å². The van der Waals surface area contributed by atoms with Crippen molar-refractivity contribution in [3.63, 3.8) is 0 Å². The summed E-state index contributed by atoms with van der Waals surface area (Å²) in [7, 11) is 0. The van der Waals surface area contributed by atoms with Crippen LogP contribution in [0.2, 0.25) is 10.0 Å². The Labute approximate surface area is 179 Å². The van der Waals surface area contributed by atoms with Crippen molar-refractivity contribution in [1.29, 1.82) is 0 Å². The number of carbonyl (C=O) groups is 1. The van der Waals surface area contributed by atoms with Gasteiger partial charge in [0.25, 0.3) is 0 Å². The van der Waals surface area contributed by atoms with E-state index in [1.54, 1.807) is 18.3 Å². The van der Waals surface area contributed by atoms with E-state index in [0.717, 1.165) is 16.0 Å². The standard InChI is InChI=1S/C22H20Cl2N2OS/c1-14(2)16-6-3-15(4-7-16)5-10-21(27)26-22-25-13-19(28-22)11-17-8-9-18(23)12-20(17)24/h3-10,12-14H,11H2,1-2H3,(H,25,26,27). The van der Waals surface area contributed by atoms with Crippen molar-refractivity contribution < 1.29 is 4.79 Å². The molecule has 2 aromatic carbocycles. The van der Waals surface area contributed by atoms with Crippen LogP contribution in [0.3, 0.4) is 0 Å². The third-order valence-corrected chi connectivity index (χ3v) is 5.69. The van der Waals surface area contributed by atoms with Crippen molar-refractivity contribution in [3.05, 3.63) is 86.4 Å². The van der Waals surface area contributed by atoms with Gasteiger partial charge in [0.05, 0.1) is 0 Å². The molecule has 28 heavy (non-hydrogen) atoms. The van der Waals surface area contributed by atoms with Crippen molar-refractivity contribution in [2.24, 2.45) is 0 Å². The zero-order valence-electron chi connectivity index (χ0n) is 15.6. The summed E-state index contributed by atoms with van der Waals surface area (Å²) >= 11 is 13.6. The molecule has 0 fully saturated rings. The van der Waals surface area contributed by atoms with Crippen LogP contribution in [0, 0.1) is 0 Å². The second kappa shape index (κ2) is 9.37. The highest BCUT2D eigenvalue weighted by molar-refractivity contribution is 7.15. The molecule has 0 radical (unpaired) electrons. The number of aromatic nitrogens is 1. The van der Waals surface area contributed by atoms with Crippen LogP contribution < -0.4 is 5.32 Å². The Bertz CT molecular complexity index is 994. The number of hydrogen-bond acceptors (Lipinski definition) is 3. The van der Waals surface area contributed by atoms with Crippen molar-refractivity contribution in [1.82, 2.24) is 4.98 Å². The molecule has 3 aromatic rings. The van der Waals surface area contributed by atoms with E-state index in [-0.39, 0.29) is 5.91 Å². The largest absolute Gasteiger partial charge is 0.298 e. The third kappa shape index (κ3) is 5.68. The summed E-state index contributed by atoms with van der Waals surface area (Å²) in [4.78, 5) is 17.4. The number of halogens is 2. The predicted octanol–water partition coefficient (Wildman–Crippen LogP) is 6.82.